The second-order valence-electron chi connectivity index (χ2n) is 7.41. The van der Waals surface area contributed by atoms with Crippen molar-refractivity contribution >= 4 is 0 Å². The largest absolute Gasteiger partial charge is 0.329 e. The average molecular weight is 250 g/mol. The fraction of sp³-hybridized carbons (Fsp3) is 1.00. The highest BCUT2D eigenvalue weighted by Gasteiger charge is 2.42. The van der Waals surface area contributed by atoms with Gasteiger partial charge in [0.1, 0.15) is 0 Å². The molecule has 2 saturated carbocycles. The summed E-state index contributed by atoms with van der Waals surface area (Å²) in [5.74, 6) is 2.90. The Kier molecular flexibility index (Phi) is 3.68. The monoisotopic (exact) mass is 250 g/mol. The highest BCUT2D eigenvalue weighted by molar-refractivity contribution is 4.99. The maximum absolute atomic E-state index is 6.22. The molecule has 0 aromatic rings. The molecule has 0 aromatic carbocycles. The van der Waals surface area contributed by atoms with E-state index in [9.17, 15) is 0 Å². The van der Waals surface area contributed by atoms with Gasteiger partial charge in [-0.25, -0.2) is 0 Å². The van der Waals surface area contributed by atoms with Gasteiger partial charge in [0.05, 0.1) is 0 Å². The molecule has 104 valence electrons. The Morgan fingerprint density at radius 1 is 1.06 bits per heavy atom. The van der Waals surface area contributed by atoms with Crippen molar-refractivity contribution in [2.45, 2.75) is 63.8 Å². The lowest BCUT2D eigenvalue weighted by molar-refractivity contribution is -0.0232. The lowest BCUT2D eigenvalue weighted by atomic mass is 9.71. The van der Waals surface area contributed by atoms with Crippen molar-refractivity contribution in [3.63, 3.8) is 0 Å². The number of likely N-dealkylation sites (tertiary alicyclic amines) is 1. The number of nitrogens with two attached hydrogens (primary N) is 1. The van der Waals surface area contributed by atoms with Crippen molar-refractivity contribution in [2.24, 2.45) is 23.5 Å². The molecule has 1 aliphatic heterocycles. The van der Waals surface area contributed by atoms with Crippen molar-refractivity contribution in [2.75, 3.05) is 19.6 Å². The van der Waals surface area contributed by atoms with Crippen LogP contribution in [-0.4, -0.2) is 30.1 Å². The van der Waals surface area contributed by atoms with Gasteiger partial charge in [0.25, 0.3) is 0 Å². The molecular formula is C16H30N2. The first-order chi connectivity index (χ1) is 8.72. The van der Waals surface area contributed by atoms with Crippen LogP contribution in [0.25, 0.3) is 0 Å². The molecule has 18 heavy (non-hydrogen) atoms. The molecule has 0 amide bonds. The Balaban J connectivity index is 1.71. The summed E-state index contributed by atoms with van der Waals surface area (Å²) in [5, 5.41) is 0. The molecule has 1 saturated heterocycles. The van der Waals surface area contributed by atoms with Crippen LogP contribution >= 0.6 is 0 Å². The van der Waals surface area contributed by atoms with Gasteiger partial charge in [0.2, 0.25) is 0 Å². The zero-order valence-electron chi connectivity index (χ0n) is 12.0. The normalized spacial score (nSPS) is 46.0. The number of rotatable bonds is 2. The van der Waals surface area contributed by atoms with Crippen LogP contribution in [0, 0.1) is 17.8 Å². The molecule has 3 fully saturated rings. The first kappa shape index (κ1) is 12.9. The number of hydrogen-bond acceptors (Lipinski definition) is 2. The van der Waals surface area contributed by atoms with E-state index in [2.05, 4.69) is 11.8 Å². The van der Waals surface area contributed by atoms with Gasteiger partial charge in [0, 0.05) is 25.2 Å². The predicted molar refractivity (Wildman–Crippen MR) is 76.4 cm³/mol. The first-order valence-electron chi connectivity index (χ1n) is 8.17. The number of nitrogens with zero attached hydrogens (tertiary/aromatic N) is 1. The van der Waals surface area contributed by atoms with Crippen LogP contribution in [0.15, 0.2) is 0 Å². The van der Waals surface area contributed by atoms with E-state index in [4.69, 9.17) is 5.73 Å². The van der Waals surface area contributed by atoms with Gasteiger partial charge in [-0.15, -0.1) is 0 Å². The summed E-state index contributed by atoms with van der Waals surface area (Å²) in [6.07, 6.45) is 11.4. The third-order valence-corrected chi connectivity index (χ3v) is 6.10. The van der Waals surface area contributed by atoms with Gasteiger partial charge in [-0.2, -0.15) is 0 Å². The maximum Gasteiger partial charge on any atom is 0.0332 e. The van der Waals surface area contributed by atoms with E-state index >= 15 is 0 Å². The van der Waals surface area contributed by atoms with Gasteiger partial charge in [-0.1, -0.05) is 13.3 Å². The second-order valence-corrected chi connectivity index (χ2v) is 7.41. The van der Waals surface area contributed by atoms with Gasteiger partial charge in [-0.05, 0) is 62.7 Å². The Labute approximate surface area is 112 Å². The summed E-state index contributed by atoms with van der Waals surface area (Å²) in [4.78, 5) is 2.83. The maximum atomic E-state index is 6.22. The third kappa shape index (κ3) is 2.34. The van der Waals surface area contributed by atoms with E-state index in [-0.39, 0.29) is 0 Å². The SMILES string of the molecule is CC1CCC(CN)(N2CC3CCCC(C3)C2)CC1. The number of piperidine rings is 1. The van der Waals surface area contributed by atoms with E-state index in [1.165, 1.54) is 64.5 Å². The zero-order chi connectivity index (χ0) is 12.6. The Morgan fingerprint density at radius 2 is 1.67 bits per heavy atom. The molecule has 2 unspecified atom stereocenters. The average Bonchev–Trinajstić information content (AvgIpc) is 2.39. The molecule has 3 rings (SSSR count). The molecule has 2 nitrogen and oxygen atoms in total. The lowest BCUT2D eigenvalue weighted by Gasteiger charge is -2.53. The van der Waals surface area contributed by atoms with Crippen LogP contribution in [-0.2, 0) is 0 Å². The predicted octanol–water partition coefficient (Wildman–Crippen LogP) is 3.02. The van der Waals surface area contributed by atoms with Crippen LogP contribution in [0.1, 0.15) is 58.3 Å². The molecule has 1 heterocycles. The van der Waals surface area contributed by atoms with E-state index in [1.807, 2.05) is 0 Å². The Bertz CT molecular complexity index is 269. The van der Waals surface area contributed by atoms with Gasteiger partial charge < -0.3 is 5.73 Å². The van der Waals surface area contributed by atoms with Crippen molar-refractivity contribution in [1.29, 1.82) is 0 Å². The number of fused-ring (bicyclic) bond motifs is 2. The third-order valence-electron chi connectivity index (χ3n) is 6.10. The molecule has 2 N–H and O–H groups in total. The Morgan fingerprint density at radius 3 is 2.22 bits per heavy atom. The molecule has 0 spiro atoms. The second kappa shape index (κ2) is 5.13. The molecule has 0 radical (unpaired) electrons. The van der Waals surface area contributed by atoms with Crippen LogP contribution in [0.2, 0.25) is 0 Å². The first-order valence-corrected chi connectivity index (χ1v) is 8.17. The van der Waals surface area contributed by atoms with Gasteiger partial charge >= 0.3 is 0 Å². The quantitative estimate of drug-likeness (QED) is 0.816. The van der Waals surface area contributed by atoms with Crippen LogP contribution < -0.4 is 5.73 Å². The minimum absolute atomic E-state index is 0.376. The summed E-state index contributed by atoms with van der Waals surface area (Å²) in [5.41, 5.74) is 6.60. The molecule has 3 aliphatic rings. The van der Waals surface area contributed by atoms with E-state index in [0.717, 1.165) is 24.3 Å². The molecule has 2 aliphatic carbocycles. The summed E-state index contributed by atoms with van der Waals surface area (Å²) < 4.78 is 0. The van der Waals surface area contributed by atoms with Crippen molar-refractivity contribution in [3.05, 3.63) is 0 Å². The minimum atomic E-state index is 0.376. The number of hydrogen-bond donors (Lipinski definition) is 1. The molecule has 2 atom stereocenters. The molecule has 0 aromatic heterocycles. The fourth-order valence-corrected chi connectivity index (χ4v) is 4.77. The Hall–Kier alpha value is -0.0800. The van der Waals surface area contributed by atoms with Crippen molar-refractivity contribution in [1.82, 2.24) is 4.90 Å². The minimum Gasteiger partial charge on any atom is -0.329 e. The van der Waals surface area contributed by atoms with Crippen LogP contribution in [0.5, 0.6) is 0 Å². The summed E-state index contributed by atoms with van der Waals surface area (Å²) in [7, 11) is 0. The van der Waals surface area contributed by atoms with E-state index in [1.54, 1.807) is 0 Å². The van der Waals surface area contributed by atoms with Gasteiger partial charge in [-0.3, -0.25) is 4.90 Å². The smallest absolute Gasteiger partial charge is 0.0332 e. The standard InChI is InChI=1S/C16H30N2/c1-13-5-7-16(12-17,8-6-13)18-10-14-3-2-4-15(9-14)11-18/h13-15H,2-12,17H2,1H3. The van der Waals surface area contributed by atoms with Crippen molar-refractivity contribution in [3.8, 4) is 0 Å². The molecule has 2 heteroatoms. The fourth-order valence-electron chi connectivity index (χ4n) is 4.77. The topological polar surface area (TPSA) is 29.3 Å². The summed E-state index contributed by atoms with van der Waals surface area (Å²) in [6, 6.07) is 0. The highest BCUT2D eigenvalue weighted by atomic mass is 15.2. The summed E-state index contributed by atoms with van der Waals surface area (Å²) in [6.45, 7) is 5.99. The zero-order valence-corrected chi connectivity index (χ0v) is 12.0. The molecular weight excluding hydrogens is 220 g/mol. The summed E-state index contributed by atoms with van der Waals surface area (Å²) >= 11 is 0. The van der Waals surface area contributed by atoms with E-state index in [0.29, 0.717) is 5.54 Å². The van der Waals surface area contributed by atoms with Gasteiger partial charge in [0.15, 0.2) is 0 Å². The van der Waals surface area contributed by atoms with Crippen LogP contribution in [0.4, 0.5) is 0 Å². The van der Waals surface area contributed by atoms with Crippen molar-refractivity contribution < 1.29 is 0 Å². The van der Waals surface area contributed by atoms with Crippen LogP contribution in [0.3, 0.4) is 0 Å². The van der Waals surface area contributed by atoms with E-state index < -0.39 is 0 Å². The lowest BCUT2D eigenvalue weighted by Crippen LogP contribution is -2.60. The highest BCUT2D eigenvalue weighted by Crippen LogP contribution is 2.42. The molecule has 2 bridgehead atoms.